The van der Waals surface area contributed by atoms with Crippen molar-refractivity contribution in [3.8, 4) is 0 Å². The Bertz CT molecular complexity index is 1470. The monoisotopic (exact) mass is 674 g/mol. The molecule has 5 N–H and O–H groups in total. The molecule has 2 fully saturated rings. The van der Waals surface area contributed by atoms with Gasteiger partial charge in [0.1, 0.15) is 6.04 Å². The van der Waals surface area contributed by atoms with Crippen LogP contribution in [0.1, 0.15) is 60.3 Å². The van der Waals surface area contributed by atoms with E-state index in [0.29, 0.717) is 31.6 Å². The van der Waals surface area contributed by atoms with E-state index in [9.17, 15) is 27.6 Å². The first kappa shape index (κ1) is 35.0. The highest BCUT2D eigenvalue weighted by Crippen LogP contribution is 2.24. The molecule has 16 heteroatoms. The fraction of sp³-hybridized carbons (Fsp3) is 0.533. The molecular formula is C30H42N8O6S2. The number of nitrogens with two attached hydrogens (primary N) is 1. The summed E-state index contributed by atoms with van der Waals surface area (Å²) in [5.74, 6) is -2.13. The van der Waals surface area contributed by atoms with Crippen LogP contribution in [0.25, 0.3) is 0 Å². The maximum absolute atomic E-state index is 13.8. The minimum absolute atomic E-state index is 0.00534. The number of amides is 3. The van der Waals surface area contributed by atoms with E-state index < -0.39 is 33.9 Å². The zero-order valence-electron chi connectivity index (χ0n) is 25.7. The number of benzene rings is 1. The second-order valence-corrected chi connectivity index (χ2v) is 14.2. The molecule has 0 spiro atoms. The van der Waals surface area contributed by atoms with E-state index in [1.54, 1.807) is 40.6 Å². The first-order valence-corrected chi connectivity index (χ1v) is 17.9. The molecule has 2 aliphatic heterocycles. The van der Waals surface area contributed by atoms with Crippen LogP contribution in [-0.4, -0.2) is 108 Å². The third kappa shape index (κ3) is 9.80. The molecule has 1 aromatic heterocycles. The van der Waals surface area contributed by atoms with Gasteiger partial charge in [-0.05, 0) is 44.1 Å². The Balaban J connectivity index is 1.46. The zero-order chi connectivity index (χ0) is 33.1. The number of thiazole rings is 1. The van der Waals surface area contributed by atoms with Crippen LogP contribution in [-0.2, 0) is 30.2 Å². The molecule has 0 aliphatic carbocycles. The molecule has 14 nitrogen and oxygen atoms in total. The number of piperazine rings is 1. The van der Waals surface area contributed by atoms with Gasteiger partial charge >= 0.3 is 0 Å². The van der Waals surface area contributed by atoms with Crippen LogP contribution in [0, 0.1) is 5.41 Å². The number of piperidine rings is 1. The zero-order valence-corrected chi connectivity index (χ0v) is 27.4. The first-order valence-electron chi connectivity index (χ1n) is 15.5. The van der Waals surface area contributed by atoms with E-state index in [2.05, 4.69) is 15.6 Å². The Morgan fingerprint density at radius 1 is 1.09 bits per heavy atom. The SMILES string of the molecule is N=C(N)NCCC[C@H](NC(=O)CN1CCN(S(=O)(=O)Cc2ccccc2)[C@H](CCC(=O)N2CCCCC2)C1=O)C(=O)c1nccs1. The van der Waals surface area contributed by atoms with Gasteiger partial charge in [-0.25, -0.2) is 13.4 Å². The highest BCUT2D eigenvalue weighted by molar-refractivity contribution is 7.88. The molecule has 46 heavy (non-hydrogen) atoms. The van der Waals surface area contributed by atoms with Crippen LogP contribution in [0.2, 0.25) is 0 Å². The third-order valence-electron chi connectivity index (χ3n) is 8.04. The molecule has 0 radical (unpaired) electrons. The number of ketones is 1. The number of Topliss-reactive ketones (excluding diaryl/α,β-unsaturated/α-hetero) is 1. The quantitative estimate of drug-likeness (QED) is 0.0918. The number of nitrogens with one attached hydrogen (secondary N) is 3. The number of hydrogen-bond acceptors (Lipinski definition) is 9. The van der Waals surface area contributed by atoms with Crippen molar-refractivity contribution in [1.82, 2.24) is 29.7 Å². The molecule has 0 saturated carbocycles. The van der Waals surface area contributed by atoms with Gasteiger partial charge in [-0.15, -0.1) is 11.3 Å². The van der Waals surface area contributed by atoms with E-state index in [4.69, 9.17) is 11.1 Å². The number of carbonyl (C=O) groups excluding carboxylic acids is 4. The summed E-state index contributed by atoms with van der Waals surface area (Å²) in [4.78, 5) is 60.3. The second kappa shape index (κ2) is 16.6. The molecule has 2 atom stereocenters. The summed E-state index contributed by atoms with van der Waals surface area (Å²) in [6.45, 7) is 1.17. The van der Waals surface area contributed by atoms with Crippen LogP contribution in [0.3, 0.4) is 0 Å². The number of likely N-dealkylation sites (tertiary alicyclic amines) is 1. The van der Waals surface area contributed by atoms with Gasteiger partial charge in [0.15, 0.2) is 11.0 Å². The van der Waals surface area contributed by atoms with Gasteiger partial charge in [0.2, 0.25) is 33.5 Å². The fourth-order valence-electron chi connectivity index (χ4n) is 5.71. The number of carbonyl (C=O) groups is 4. The topological polar surface area (TPSA) is 199 Å². The molecule has 2 aromatic rings. The smallest absolute Gasteiger partial charge is 0.241 e. The van der Waals surface area contributed by atoms with Crippen LogP contribution >= 0.6 is 11.3 Å². The van der Waals surface area contributed by atoms with Crippen molar-refractivity contribution in [2.75, 3.05) is 39.3 Å². The van der Waals surface area contributed by atoms with Gasteiger partial charge in [0, 0.05) is 50.7 Å². The van der Waals surface area contributed by atoms with Crippen molar-refractivity contribution in [1.29, 1.82) is 5.41 Å². The molecule has 1 aromatic carbocycles. The minimum Gasteiger partial charge on any atom is -0.370 e. The number of nitrogens with zero attached hydrogens (tertiary/aromatic N) is 4. The molecule has 0 unspecified atom stereocenters. The lowest BCUT2D eigenvalue weighted by molar-refractivity contribution is -0.143. The average molecular weight is 675 g/mol. The average Bonchev–Trinajstić information content (AvgIpc) is 3.58. The van der Waals surface area contributed by atoms with Crippen molar-refractivity contribution >= 4 is 50.8 Å². The van der Waals surface area contributed by atoms with Crippen molar-refractivity contribution in [3.63, 3.8) is 0 Å². The van der Waals surface area contributed by atoms with Crippen LogP contribution in [0.4, 0.5) is 0 Å². The van der Waals surface area contributed by atoms with E-state index >= 15 is 0 Å². The fourth-order valence-corrected chi connectivity index (χ4v) is 8.06. The lowest BCUT2D eigenvalue weighted by Crippen LogP contribution is -2.60. The highest BCUT2D eigenvalue weighted by Gasteiger charge is 2.42. The lowest BCUT2D eigenvalue weighted by Gasteiger charge is -2.40. The second-order valence-electron chi connectivity index (χ2n) is 11.4. The number of hydrogen-bond donors (Lipinski definition) is 4. The van der Waals surface area contributed by atoms with E-state index in [1.165, 1.54) is 15.4 Å². The van der Waals surface area contributed by atoms with Crippen molar-refractivity contribution in [2.45, 2.75) is 62.8 Å². The predicted octanol–water partition coefficient (Wildman–Crippen LogP) is 0.909. The van der Waals surface area contributed by atoms with Gasteiger partial charge in [-0.1, -0.05) is 30.3 Å². The summed E-state index contributed by atoms with van der Waals surface area (Å²) >= 11 is 1.15. The van der Waals surface area contributed by atoms with Crippen LogP contribution in [0.5, 0.6) is 0 Å². The summed E-state index contributed by atoms with van der Waals surface area (Å²) in [6.07, 6.45) is 5.03. The lowest BCUT2D eigenvalue weighted by atomic mass is 10.0. The summed E-state index contributed by atoms with van der Waals surface area (Å²) < 4.78 is 28.4. The Morgan fingerprint density at radius 3 is 2.50 bits per heavy atom. The van der Waals surface area contributed by atoms with E-state index in [0.717, 1.165) is 30.6 Å². The molecule has 3 amide bonds. The highest BCUT2D eigenvalue weighted by atomic mass is 32.2. The Labute approximate surface area is 273 Å². The van der Waals surface area contributed by atoms with Gasteiger partial charge < -0.3 is 26.2 Å². The minimum atomic E-state index is -3.94. The molecule has 4 rings (SSSR count). The molecule has 0 bridgehead atoms. The first-order chi connectivity index (χ1) is 22.0. The molecular weight excluding hydrogens is 633 g/mol. The number of sulfonamides is 1. The normalized spacial score (nSPS) is 18.2. The summed E-state index contributed by atoms with van der Waals surface area (Å²) in [5.41, 5.74) is 5.91. The number of aromatic nitrogens is 1. The standard InChI is InChI=1S/C30H42N8O6S2/c31-30(32)34-13-7-10-23(27(41)28-33-14-19-45-28)35-25(39)20-37-17-18-38(46(43,44)21-22-8-3-1-4-9-22)24(29(37)42)11-12-26(40)36-15-5-2-6-16-36/h1,3-4,8-9,14,19,23-24H,2,5-7,10-13,15-18,20-21H2,(H,35,39)(H4,31,32,34)/t23-,24+/m0/s1. The Kier molecular flexibility index (Phi) is 12.6. The van der Waals surface area contributed by atoms with Crippen molar-refractivity contribution in [2.24, 2.45) is 5.73 Å². The number of guanidine groups is 1. The van der Waals surface area contributed by atoms with E-state index in [-0.39, 0.29) is 67.3 Å². The van der Waals surface area contributed by atoms with Gasteiger partial charge in [-0.3, -0.25) is 24.6 Å². The number of rotatable bonds is 15. The Hall–Kier alpha value is -3.89. The predicted molar refractivity (Wildman–Crippen MR) is 173 cm³/mol. The molecule has 3 heterocycles. The molecule has 2 aliphatic rings. The third-order valence-corrected chi connectivity index (χ3v) is 10.7. The maximum Gasteiger partial charge on any atom is 0.241 e. The largest absolute Gasteiger partial charge is 0.370 e. The van der Waals surface area contributed by atoms with Crippen molar-refractivity contribution in [3.05, 3.63) is 52.5 Å². The van der Waals surface area contributed by atoms with Gasteiger partial charge in [0.05, 0.1) is 18.3 Å². The van der Waals surface area contributed by atoms with Gasteiger partial charge in [0.25, 0.3) is 0 Å². The molecule has 2 saturated heterocycles. The molecule has 250 valence electrons. The van der Waals surface area contributed by atoms with Gasteiger partial charge in [-0.2, -0.15) is 4.31 Å². The van der Waals surface area contributed by atoms with Crippen molar-refractivity contribution < 1.29 is 27.6 Å². The Morgan fingerprint density at radius 2 is 1.83 bits per heavy atom. The maximum atomic E-state index is 13.8. The summed E-state index contributed by atoms with van der Waals surface area (Å²) in [7, 11) is -3.94. The summed E-state index contributed by atoms with van der Waals surface area (Å²) in [6, 6.07) is 6.61. The summed E-state index contributed by atoms with van der Waals surface area (Å²) in [5, 5.41) is 14.6. The van der Waals surface area contributed by atoms with Crippen LogP contribution in [0.15, 0.2) is 41.9 Å². The van der Waals surface area contributed by atoms with E-state index in [1.807, 2.05) is 0 Å². The van der Waals surface area contributed by atoms with Crippen LogP contribution < -0.4 is 16.4 Å².